The first-order chi connectivity index (χ1) is 10.3. The van der Waals surface area contributed by atoms with Gasteiger partial charge in [-0.25, -0.2) is 0 Å². The van der Waals surface area contributed by atoms with Crippen molar-refractivity contribution in [3.63, 3.8) is 0 Å². The zero-order valence-corrected chi connectivity index (χ0v) is 13.9. The lowest BCUT2D eigenvalue weighted by Gasteiger charge is -2.30. The first kappa shape index (κ1) is 16.5. The van der Waals surface area contributed by atoms with Gasteiger partial charge in [0.2, 0.25) is 0 Å². The van der Waals surface area contributed by atoms with Gasteiger partial charge in [-0.3, -0.25) is 0 Å². The molecule has 0 saturated heterocycles. The van der Waals surface area contributed by atoms with Crippen molar-refractivity contribution in [1.29, 1.82) is 0 Å². The van der Waals surface area contributed by atoms with Gasteiger partial charge in [-0.15, -0.1) is 0 Å². The van der Waals surface area contributed by atoms with E-state index in [9.17, 15) is 0 Å². The smallest absolute Gasteiger partial charge is 0.0107 e. The van der Waals surface area contributed by atoms with E-state index in [0.717, 1.165) is 24.9 Å². The van der Waals surface area contributed by atoms with Crippen molar-refractivity contribution in [3.05, 3.63) is 35.9 Å². The van der Waals surface area contributed by atoms with E-state index >= 15 is 0 Å². The quantitative estimate of drug-likeness (QED) is 0.769. The maximum atomic E-state index is 3.73. The van der Waals surface area contributed by atoms with Gasteiger partial charge < -0.3 is 10.2 Å². The van der Waals surface area contributed by atoms with Crippen molar-refractivity contribution in [2.24, 2.45) is 5.92 Å². The molecule has 2 heteroatoms. The summed E-state index contributed by atoms with van der Waals surface area (Å²) in [5.74, 6) is 0.827. The highest BCUT2D eigenvalue weighted by molar-refractivity contribution is 5.14. The van der Waals surface area contributed by atoms with Crippen molar-refractivity contribution in [1.82, 2.24) is 10.2 Å². The van der Waals surface area contributed by atoms with Crippen molar-refractivity contribution in [3.8, 4) is 0 Å². The van der Waals surface area contributed by atoms with Crippen LogP contribution in [0.2, 0.25) is 0 Å². The highest BCUT2D eigenvalue weighted by Crippen LogP contribution is 2.24. The summed E-state index contributed by atoms with van der Waals surface area (Å²) in [6, 6.07) is 11.6. The monoisotopic (exact) mass is 288 g/mol. The van der Waals surface area contributed by atoms with Gasteiger partial charge in [-0.2, -0.15) is 0 Å². The Labute approximate surface area is 130 Å². The van der Waals surface area contributed by atoms with Crippen LogP contribution in [0.25, 0.3) is 0 Å². The fourth-order valence-corrected chi connectivity index (χ4v) is 3.59. The summed E-state index contributed by atoms with van der Waals surface area (Å²) in [6.07, 6.45) is 8.17. The van der Waals surface area contributed by atoms with Gasteiger partial charge in [0.25, 0.3) is 0 Å². The number of hydrogen-bond donors (Lipinski definition) is 1. The molecular formula is C19H32N2. The Hall–Kier alpha value is -0.860. The van der Waals surface area contributed by atoms with E-state index in [4.69, 9.17) is 0 Å². The molecule has 21 heavy (non-hydrogen) atoms. The van der Waals surface area contributed by atoms with Crippen LogP contribution in [0.4, 0.5) is 0 Å². The molecule has 0 aromatic heterocycles. The van der Waals surface area contributed by atoms with Crippen LogP contribution in [0.15, 0.2) is 30.3 Å². The van der Waals surface area contributed by atoms with E-state index < -0.39 is 0 Å². The third-order valence-corrected chi connectivity index (χ3v) is 4.80. The molecule has 1 N–H and O–H groups in total. The van der Waals surface area contributed by atoms with E-state index in [1.165, 1.54) is 50.8 Å². The molecule has 1 aliphatic rings. The summed E-state index contributed by atoms with van der Waals surface area (Å²) < 4.78 is 0. The Kier molecular flexibility index (Phi) is 7.25. The SMILES string of the molecule is CCNC1CCCCCC1CN(C)CCc1ccccc1. The first-order valence-electron chi connectivity index (χ1n) is 8.75. The number of nitrogens with one attached hydrogen (secondary N) is 1. The Morgan fingerprint density at radius 2 is 1.86 bits per heavy atom. The zero-order chi connectivity index (χ0) is 14.9. The molecule has 0 radical (unpaired) electrons. The molecule has 2 atom stereocenters. The van der Waals surface area contributed by atoms with Crippen LogP contribution in [-0.4, -0.2) is 37.6 Å². The van der Waals surface area contributed by atoms with Crippen LogP contribution < -0.4 is 5.32 Å². The average molecular weight is 288 g/mol. The lowest BCUT2D eigenvalue weighted by Crippen LogP contribution is -2.41. The number of benzene rings is 1. The fourth-order valence-electron chi connectivity index (χ4n) is 3.59. The first-order valence-corrected chi connectivity index (χ1v) is 8.75. The van der Waals surface area contributed by atoms with E-state index in [1.54, 1.807) is 0 Å². The van der Waals surface area contributed by atoms with Gasteiger partial charge in [0.1, 0.15) is 0 Å². The lowest BCUT2D eigenvalue weighted by molar-refractivity contribution is 0.227. The normalized spacial score (nSPS) is 23.2. The largest absolute Gasteiger partial charge is 0.314 e. The number of rotatable bonds is 7. The van der Waals surface area contributed by atoms with Gasteiger partial charge in [0.05, 0.1) is 0 Å². The van der Waals surface area contributed by atoms with Crippen molar-refractivity contribution < 1.29 is 0 Å². The Morgan fingerprint density at radius 3 is 2.62 bits per heavy atom. The van der Waals surface area contributed by atoms with Crippen LogP contribution in [-0.2, 0) is 6.42 Å². The number of hydrogen-bond acceptors (Lipinski definition) is 2. The number of likely N-dealkylation sites (N-methyl/N-ethyl adjacent to an activating group) is 1. The third kappa shape index (κ3) is 5.80. The van der Waals surface area contributed by atoms with Crippen LogP contribution in [0.5, 0.6) is 0 Å². The molecule has 1 aromatic rings. The molecule has 2 rings (SSSR count). The third-order valence-electron chi connectivity index (χ3n) is 4.80. The van der Waals surface area contributed by atoms with E-state index in [-0.39, 0.29) is 0 Å². The van der Waals surface area contributed by atoms with Crippen LogP contribution in [0, 0.1) is 5.92 Å². The van der Waals surface area contributed by atoms with E-state index in [1.807, 2.05) is 0 Å². The number of nitrogens with zero attached hydrogens (tertiary/aromatic N) is 1. The standard InChI is InChI=1S/C19H32N2/c1-3-20-19-13-9-5-8-12-18(19)16-21(2)15-14-17-10-6-4-7-11-17/h4,6-7,10-11,18-20H,3,5,8-9,12-16H2,1-2H3. The van der Waals surface area contributed by atoms with Crippen LogP contribution >= 0.6 is 0 Å². The summed E-state index contributed by atoms with van der Waals surface area (Å²) in [5, 5.41) is 3.73. The van der Waals surface area contributed by atoms with Gasteiger partial charge in [-0.1, -0.05) is 56.5 Å². The predicted octanol–water partition coefficient (Wildman–Crippen LogP) is 3.72. The maximum absolute atomic E-state index is 3.73. The topological polar surface area (TPSA) is 15.3 Å². The molecule has 1 fully saturated rings. The molecule has 0 bridgehead atoms. The molecule has 1 saturated carbocycles. The highest BCUT2D eigenvalue weighted by atomic mass is 15.1. The zero-order valence-electron chi connectivity index (χ0n) is 13.9. The molecular weight excluding hydrogens is 256 g/mol. The Morgan fingerprint density at radius 1 is 1.10 bits per heavy atom. The Balaban J connectivity index is 1.80. The maximum Gasteiger partial charge on any atom is 0.0107 e. The van der Waals surface area contributed by atoms with E-state index in [0.29, 0.717) is 0 Å². The van der Waals surface area contributed by atoms with Gasteiger partial charge in [0.15, 0.2) is 0 Å². The van der Waals surface area contributed by atoms with Crippen molar-refractivity contribution in [2.45, 2.75) is 51.5 Å². The molecule has 0 aliphatic heterocycles. The van der Waals surface area contributed by atoms with Crippen LogP contribution in [0.3, 0.4) is 0 Å². The molecule has 1 aliphatic carbocycles. The molecule has 1 aromatic carbocycles. The molecule has 2 unspecified atom stereocenters. The molecule has 118 valence electrons. The second-order valence-electron chi connectivity index (χ2n) is 6.56. The predicted molar refractivity (Wildman–Crippen MR) is 91.7 cm³/mol. The van der Waals surface area contributed by atoms with Gasteiger partial charge >= 0.3 is 0 Å². The fraction of sp³-hybridized carbons (Fsp3) is 0.684. The Bertz CT molecular complexity index is 376. The molecule has 0 spiro atoms. The summed E-state index contributed by atoms with van der Waals surface area (Å²) in [6.45, 7) is 5.75. The highest BCUT2D eigenvalue weighted by Gasteiger charge is 2.23. The average Bonchev–Trinajstić information content (AvgIpc) is 2.72. The lowest BCUT2D eigenvalue weighted by atomic mass is 9.94. The summed E-state index contributed by atoms with van der Waals surface area (Å²) in [4.78, 5) is 2.54. The second kappa shape index (κ2) is 9.22. The minimum Gasteiger partial charge on any atom is -0.314 e. The molecule has 2 nitrogen and oxygen atoms in total. The molecule has 0 heterocycles. The van der Waals surface area contributed by atoms with Gasteiger partial charge in [-0.05, 0) is 44.3 Å². The molecule has 0 amide bonds. The summed E-state index contributed by atoms with van der Waals surface area (Å²) in [7, 11) is 2.29. The summed E-state index contributed by atoms with van der Waals surface area (Å²) in [5.41, 5.74) is 1.45. The van der Waals surface area contributed by atoms with Gasteiger partial charge in [0, 0.05) is 19.1 Å². The van der Waals surface area contributed by atoms with Crippen molar-refractivity contribution >= 4 is 0 Å². The summed E-state index contributed by atoms with van der Waals surface area (Å²) >= 11 is 0. The minimum absolute atomic E-state index is 0.733. The minimum atomic E-state index is 0.733. The van der Waals surface area contributed by atoms with E-state index in [2.05, 4.69) is 54.5 Å². The van der Waals surface area contributed by atoms with Crippen LogP contribution in [0.1, 0.15) is 44.6 Å². The van der Waals surface area contributed by atoms with Crippen molar-refractivity contribution in [2.75, 3.05) is 26.7 Å². The second-order valence-corrected chi connectivity index (χ2v) is 6.56.